The highest BCUT2D eigenvalue weighted by atomic mass is 32.2. The molecule has 0 aliphatic heterocycles. The maximum Gasteiger partial charge on any atom is 0.171 e. The largest absolute Gasteiger partial charge is 0.872 e. The Morgan fingerprint density at radius 2 is 1.93 bits per heavy atom. The number of sulfone groups is 1. The Balaban J connectivity index is 0.000000255. The number of hydrogen-bond donors (Lipinski definition) is 1. The van der Waals surface area contributed by atoms with Crippen LogP contribution in [0.4, 0.5) is 0 Å². The van der Waals surface area contributed by atoms with Crippen LogP contribution in [0.2, 0.25) is 0 Å². The van der Waals surface area contributed by atoms with Gasteiger partial charge in [0.1, 0.15) is 5.94 Å². The summed E-state index contributed by atoms with van der Waals surface area (Å²) in [4.78, 5) is 0. The van der Waals surface area contributed by atoms with Gasteiger partial charge >= 0.3 is 0 Å². The van der Waals surface area contributed by atoms with Gasteiger partial charge in [-0.1, -0.05) is 29.8 Å². The summed E-state index contributed by atoms with van der Waals surface area (Å²) >= 11 is 0. The van der Waals surface area contributed by atoms with Crippen molar-refractivity contribution in [2.45, 2.75) is 6.92 Å². The summed E-state index contributed by atoms with van der Waals surface area (Å²) in [5.41, 5.74) is 1.03. The monoisotopic (exact) mass is 217 g/mol. The molecule has 0 unspecified atom stereocenters. The quantitative estimate of drug-likeness (QED) is 0.721. The molecule has 1 rings (SSSR count). The SMILES string of the molecule is CS(=O)(=O)CO.Cc1cccc([O-])c1. The van der Waals surface area contributed by atoms with Gasteiger partial charge in [0.05, 0.1) is 0 Å². The molecule has 0 heterocycles. The van der Waals surface area contributed by atoms with Crippen LogP contribution in [0, 0.1) is 6.92 Å². The first-order valence-electron chi connectivity index (χ1n) is 3.87. The average Bonchev–Trinajstić information content (AvgIpc) is 2.03. The molecular weight excluding hydrogens is 204 g/mol. The molecule has 0 saturated carbocycles. The standard InChI is InChI=1S/C7H8O.C2H6O3S/c1-6-3-2-4-7(8)5-6;1-6(4,5)2-3/h2-5,8H,1H3;3H,2H2,1H3/p-1. The van der Waals surface area contributed by atoms with Crippen molar-refractivity contribution in [1.82, 2.24) is 0 Å². The molecule has 0 aliphatic carbocycles. The van der Waals surface area contributed by atoms with Gasteiger partial charge in [-0.2, -0.15) is 0 Å². The molecule has 1 aromatic carbocycles. The molecule has 0 radical (unpaired) electrons. The van der Waals surface area contributed by atoms with E-state index in [9.17, 15) is 13.5 Å². The first kappa shape index (κ1) is 12.9. The Kier molecular flexibility index (Phi) is 5.19. The molecule has 1 aromatic rings. The van der Waals surface area contributed by atoms with Gasteiger partial charge in [-0.15, -0.1) is 5.75 Å². The van der Waals surface area contributed by atoms with E-state index in [4.69, 9.17) is 5.11 Å². The number of aliphatic hydroxyl groups excluding tert-OH is 1. The first-order chi connectivity index (χ1) is 6.35. The fourth-order valence-electron chi connectivity index (χ4n) is 0.615. The second-order valence-corrected chi connectivity index (χ2v) is 4.98. The molecule has 4 nitrogen and oxygen atoms in total. The molecule has 14 heavy (non-hydrogen) atoms. The zero-order valence-corrected chi connectivity index (χ0v) is 8.91. The van der Waals surface area contributed by atoms with Crippen molar-refractivity contribution in [3.05, 3.63) is 29.8 Å². The van der Waals surface area contributed by atoms with Gasteiger partial charge in [0.2, 0.25) is 0 Å². The van der Waals surface area contributed by atoms with Crippen LogP contribution < -0.4 is 5.11 Å². The van der Waals surface area contributed by atoms with Gasteiger partial charge in [0, 0.05) is 6.26 Å². The summed E-state index contributed by atoms with van der Waals surface area (Å²) in [6.07, 6.45) is 0.965. The van der Waals surface area contributed by atoms with Crippen LogP contribution in [0.15, 0.2) is 24.3 Å². The smallest absolute Gasteiger partial charge is 0.171 e. The Bertz CT molecular complexity index is 353. The van der Waals surface area contributed by atoms with Crippen molar-refractivity contribution in [1.29, 1.82) is 0 Å². The van der Waals surface area contributed by atoms with E-state index in [0.717, 1.165) is 11.8 Å². The van der Waals surface area contributed by atoms with Crippen molar-refractivity contribution in [3.8, 4) is 5.75 Å². The summed E-state index contributed by atoms with van der Waals surface area (Å²) in [5.74, 6) is -0.669. The molecule has 0 aliphatic rings. The van der Waals surface area contributed by atoms with E-state index in [1.54, 1.807) is 18.2 Å². The van der Waals surface area contributed by atoms with E-state index in [-0.39, 0.29) is 5.75 Å². The zero-order chi connectivity index (χ0) is 11.2. The molecule has 0 bridgehead atoms. The van der Waals surface area contributed by atoms with Crippen molar-refractivity contribution in [2.24, 2.45) is 0 Å². The Hall–Kier alpha value is -1.07. The van der Waals surface area contributed by atoms with Crippen LogP contribution in [0.25, 0.3) is 0 Å². The lowest BCUT2D eigenvalue weighted by Gasteiger charge is -2.02. The Labute approximate surface area is 83.7 Å². The molecule has 1 N–H and O–H groups in total. The predicted molar refractivity (Wildman–Crippen MR) is 52.6 cm³/mol. The van der Waals surface area contributed by atoms with Crippen LogP contribution in [-0.2, 0) is 9.84 Å². The zero-order valence-electron chi connectivity index (χ0n) is 8.10. The van der Waals surface area contributed by atoms with E-state index < -0.39 is 15.8 Å². The van der Waals surface area contributed by atoms with Gasteiger partial charge in [-0.05, 0) is 6.92 Å². The maximum atomic E-state index is 10.5. The van der Waals surface area contributed by atoms with Gasteiger partial charge in [-0.25, -0.2) is 8.42 Å². The summed E-state index contributed by atoms with van der Waals surface area (Å²) < 4.78 is 19.5. The third-order valence-corrected chi connectivity index (χ3v) is 1.69. The highest BCUT2D eigenvalue weighted by molar-refractivity contribution is 7.90. The minimum Gasteiger partial charge on any atom is -0.872 e. The summed E-state index contributed by atoms with van der Waals surface area (Å²) in [7, 11) is -3.11. The van der Waals surface area contributed by atoms with E-state index in [1.807, 2.05) is 13.0 Å². The normalized spacial score (nSPS) is 10.2. The molecular formula is C9H13O4S-. The van der Waals surface area contributed by atoms with Crippen LogP contribution in [0.1, 0.15) is 5.56 Å². The third kappa shape index (κ3) is 7.57. The number of hydrogen-bond acceptors (Lipinski definition) is 4. The highest BCUT2D eigenvalue weighted by Gasteiger charge is 1.92. The summed E-state index contributed by atoms with van der Waals surface area (Å²) in [6, 6.07) is 6.83. The molecule has 80 valence electrons. The van der Waals surface area contributed by atoms with Crippen molar-refractivity contribution < 1.29 is 18.6 Å². The Morgan fingerprint density at radius 3 is 2.14 bits per heavy atom. The van der Waals surface area contributed by atoms with Gasteiger partial charge in [-0.3, -0.25) is 0 Å². The number of benzene rings is 1. The lowest BCUT2D eigenvalue weighted by atomic mass is 10.2. The van der Waals surface area contributed by atoms with E-state index >= 15 is 0 Å². The maximum absolute atomic E-state index is 10.5. The molecule has 5 heteroatoms. The summed E-state index contributed by atoms with van der Waals surface area (Å²) in [6.45, 7) is 1.90. The fourth-order valence-corrected chi connectivity index (χ4v) is 0.615. The highest BCUT2D eigenvalue weighted by Crippen LogP contribution is 2.04. The Morgan fingerprint density at radius 1 is 1.43 bits per heavy atom. The lowest BCUT2D eigenvalue weighted by Crippen LogP contribution is -1.99. The van der Waals surface area contributed by atoms with E-state index in [1.165, 1.54) is 0 Å². The molecule has 0 saturated heterocycles. The third-order valence-electron chi connectivity index (χ3n) is 1.22. The lowest BCUT2D eigenvalue weighted by molar-refractivity contribution is -0.268. The minimum atomic E-state index is -3.11. The van der Waals surface area contributed by atoms with Crippen LogP contribution in [0.3, 0.4) is 0 Å². The molecule has 0 aromatic heterocycles. The topological polar surface area (TPSA) is 77.4 Å². The number of rotatable bonds is 1. The minimum absolute atomic E-state index is 0.0880. The fraction of sp³-hybridized carbons (Fsp3) is 0.333. The van der Waals surface area contributed by atoms with Gasteiger partial charge < -0.3 is 10.2 Å². The van der Waals surface area contributed by atoms with Crippen LogP contribution >= 0.6 is 0 Å². The molecule has 0 fully saturated rings. The second-order valence-electron chi connectivity index (χ2n) is 2.87. The summed E-state index contributed by atoms with van der Waals surface area (Å²) in [5, 5.41) is 18.3. The molecule has 0 spiro atoms. The predicted octanol–water partition coefficient (Wildman–Crippen LogP) is 0.0494. The van der Waals surface area contributed by atoms with Crippen LogP contribution in [0.5, 0.6) is 5.75 Å². The van der Waals surface area contributed by atoms with Crippen molar-refractivity contribution in [2.75, 3.05) is 12.2 Å². The number of aliphatic hydroxyl groups is 1. The second kappa shape index (κ2) is 5.62. The van der Waals surface area contributed by atoms with Gasteiger partial charge in [0.25, 0.3) is 0 Å². The van der Waals surface area contributed by atoms with E-state index in [0.29, 0.717) is 0 Å². The molecule has 0 atom stereocenters. The number of aryl methyl sites for hydroxylation is 1. The van der Waals surface area contributed by atoms with Gasteiger partial charge in [0.15, 0.2) is 9.84 Å². The average molecular weight is 217 g/mol. The van der Waals surface area contributed by atoms with Crippen molar-refractivity contribution in [3.63, 3.8) is 0 Å². The van der Waals surface area contributed by atoms with Crippen molar-refractivity contribution >= 4 is 9.84 Å². The van der Waals surface area contributed by atoms with E-state index in [2.05, 4.69) is 0 Å². The van der Waals surface area contributed by atoms with Crippen LogP contribution in [-0.4, -0.2) is 25.7 Å². The molecule has 0 amide bonds. The first-order valence-corrected chi connectivity index (χ1v) is 5.93.